The van der Waals surface area contributed by atoms with Gasteiger partial charge in [0.15, 0.2) is 17.1 Å². The first-order chi connectivity index (χ1) is 12.7. The lowest BCUT2D eigenvalue weighted by atomic mass is 10.2. The highest BCUT2D eigenvalue weighted by Crippen LogP contribution is 2.27. The molecule has 7 nitrogen and oxygen atoms in total. The van der Waals surface area contributed by atoms with Crippen LogP contribution in [0.4, 0.5) is 0 Å². The molecule has 0 aliphatic rings. The molecule has 0 saturated carbocycles. The third-order valence-electron chi connectivity index (χ3n) is 4.13. The largest absolute Gasteiger partial charge is 0.493 e. The van der Waals surface area contributed by atoms with Gasteiger partial charge in [0, 0.05) is 25.6 Å². The minimum absolute atomic E-state index is 0.00797. The first-order valence-corrected chi connectivity index (χ1v) is 8.47. The summed E-state index contributed by atoms with van der Waals surface area (Å²) in [7, 11) is 3.19. The van der Waals surface area contributed by atoms with E-state index < -0.39 is 0 Å². The average molecular weight is 354 g/mol. The third kappa shape index (κ3) is 4.11. The van der Waals surface area contributed by atoms with Crippen molar-refractivity contribution >= 4 is 11.6 Å². The van der Waals surface area contributed by atoms with Gasteiger partial charge in [0.25, 0.3) is 0 Å². The Morgan fingerprint density at radius 3 is 2.77 bits per heavy atom. The highest BCUT2D eigenvalue weighted by Gasteiger charge is 2.08. The normalized spacial score (nSPS) is 10.7. The van der Waals surface area contributed by atoms with Crippen molar-refractivity contribution in [2.75, 3.05) is 14.2 Å². The summed E-state index contributed by atoms with van der Waals surface area (Å²) in [5.41, 5.74) is 1.78. The standard InChI is InChI=1S/C19H22N4O3/c1-25-15-10-9-14(12-16(15)26-2)13-20-19(24)8-5-7-18-22-21-17-6-3-4-11-23(17)18/h3-4,6,9-12H,5,7-8,13H2,1-2H3,(H,20,24). The van der Waals surface area contributed by atoms with Gasteiger partial charge >= 0.3 is 0 Å². The maximum absolute atomic E-state index is 12.1. The molecule has 0 spiro atoms. The van der Waals surface area contributed by atoms with E-state index in [0.717, 1.165) is 17.0 Å². The SMILES string of the molecule is COc1ccc(CNC(=O)CCCc2nnc3ccccn23)cc1OC. The number of aromatic nitrogens is 3. The molecule has 1 aromatic carbocycles. The highest BCUT2D eigenvalue weighted by atomic mass is 16.5. The molecule has 0 aliphatic heterocycles. The number of fused-ring (bicyclic) bond motifs is 1. The van der Waals surface area contributed by atoms with Crippen LogP contribution in [0, 0.1) is 0 Å². The van der Waals surface area contributed by atoms with E-state index in [4.69, 9.17) is 9.47 Å². The van der Waals surface area contributed by atoms with Crippen LogP contribution in [-0.4, -0.2) is 34.7 Å². The fourth-order valence-corrected chi connectivity index (χ4v) is 2.75. The Balaban J connectivity index is 1.47. The summed E-state index contributed by atoms with van der Waals surface area (Å²) >= 11 is 0. The number of ether oxygens (including phenoxy) is 2. The van der Waals surface area contributed by atoms with Gasteiger partial charge in [0.05, 0.1) is 14.2 Å². The van der Waals surface area contributed by atoms with Crippen LogP contribution < -0.4 is 14.8 Å². The monoisotopic (exact) mass is 354 g/mol. The van der Waals surface area contributed by atoms with E-state index in [9.17, 15) is 4.79 Å². The number of nitrogens with one attached hydrogen (secondary N) is 1. The van der Waals surface area contributed by atoms with Gasteiger partial charge in [0.2, 0.25) is 5.91 Å². The van der Waals surface area contributed by atoms with Crippen molar-refractivity contribution in [3.8, 4) is 11.5 Å². The zero-order valence-electron chi connectivity index (χ0n) is 14.9. The highest BCUT2D eigenvalue weighted by molar-refractivity contribution is 5.75. The Bertz CT molecular complexity index is 891. The molecule has 2 heterocycles. The van der Waals surface area contributed by atoms with Gasteiger partial charge in [-0.15, -0.1) is 10.2 Å². The Kier molecular flexibility index (Phi) is 5.68. The van der Waals surface area contributed by atoms with E-state index in [1.807, 2.05) is 47.0 Å². The lowest BCUT2D eigenvalue weighted by Crippen LogP contribution is -2.22. The van der Waals surface area contributed by atoms with Crippen LogP contribution in [0.1, 0.15) is 24.2 Å². The summed E-state index contributed by atoms with van der Waals surface area (Å²) in [6.45, 7) is 0.451. The van der Waals surface area contributed by atoms with Crippen molar-refractivity contribution in [3.63, 3.8) is 0 Å². The molecule has 0 bridgehead atoms. The topological polar surface area (TPSA) is 77.8 Å². The second-order valence-electron chi connectivity index (χ2n) is 5.86. The summed E-state index contributed by atoms with van der Waals surface area (Å²) in [5.74, 6) is 2.20. The predicted molar refractivity (Wildman–Crippen MR) is 97.3 cm³/mol. The van der Waals surface area contributed by atoms with Crippen LogP contribution in [-0.2, 0) is 17.8 Å². The molecule has 0 saturated heterocycles. The van der Waals surface area contributed by atoms with E-state index in [0.29, 0.717) is 37.3 Å². The summed E-state index contributed by atoms with van der Waals surface area (Å²) in [5, 5.41) is 11.2. The van der Waals surface area contributed by atoms with Gasteiger partial charge in [-0.2, -0.15) is 0 Å². The summed E-state index contributed by atoms with van der Waals surface area (Å²) in [6, 6.07) is 11.4. The van der Waals surface area contributed by atoms with Crippen LogP contribution in [0.3, 0.4) is 0 Å². The van der Waals surface area contributed by atoms with Crippen molar-refractivity contribution in [1.29, 1.82) is 0 Å². The van der Waals surface area contributed by atoms with E-state index >= 15 is 0 Å². The van der Waals surface area contributed by atoms with Gasteiger partial charge in [-0.3, -0.25) is 9.20 Å². The van der Waals surface area contributed by atoms with Gasteiger partial charge in [-0.1, -0.05) is 12.1 Å². The smallest absolute Gasteiger partial charge is 0.220 e. The number of aryl methyl sites for hydroxylation is 1. The Labute approximate surface area is 152 Å². The molecule has 0 aliphatic carbocycles. The molecule has 0 unspecified atom stereocenters. The molecule has 136 valence electrons. The number of carbonyl (C=O) groups is 1. The molecule has 0 atom stereocenters. The fourth-order valence-electron chi connectivity index (χ4n) is 2.75. The van der Waals surface area contributed by atoms with Crippen LogP contribution in [0.2, 0.25) is 0 Å². The van der Waals surface area contributed by atoms with Crippen LogP contribution >= 0.6 is 0 Å². The van der Waals surface area contributed by atoms with E-state index in [-0.39, 0.29) is 5.91 Å². The summed E-state index contributed by atoms with van der Waals surface area (Å²) in [6.07, 6.45) is 3.79. The molecule has 3 rings (SSSR count). The van der Waals surface area contributed by atoms with E-state index in [1.165, 1.54) is 0 Å². The van der Waals surface area contributed by atoms with Crippen molar-refractivity contribution in [2.24, 2.45) is 0 Å². The second kappa shape index (κ2) is 8.33. The van der Waals surface area contributed by atoms with Gasteiger partial charge < -0.3 is 14.8 Å². The van der Waals surface area contributed by atoms with Crippen LogP contribution in [0.5, 0.6) is 11.5 Å². The molecule has 1 N–H and O–H groups in total. The summed E-state index contributed by atoms with van der Waals surface area (Å²) < 4.78 is 12.4. The molecule has 7 heteroatoms. The number of pyridine rings is 1. The Morgan fingerprint density at radius 2 is 1.96 bits per heavy atom. The molecular formula is C19H22N4O3. The maximum atomic E-state index is 12.1. The zero-order chi connectivity index (χ0) is 18.4. The van der Waals surface area contributed by atoms with Crippen molar-refractivity contribution in [3.05, 3.63) is 54.0 Å². The minimum Gasteiger partial charge on any atom is -0.493 e. The lowest BCUT2D eigenvalue weighted by Gasteiger charge is -2.10. The lowest BCUT2D eigenvalue weighted by molar-refractivity contribution is -0.121. The molecule has 3 aromatic rings. The number of benzene rings is 1. The number of rotatable bonds is 8. The number of hydrogen-bond donors (Lipinski definition) is 1. The van der Waals surface area contributed by atoms with Gasteiger partial charge in [-0.25, -0.2) is 0 Å². The Hall–Kier alpha value is -3.09. The first-order valence-electron chi connectivity index (χ1n) is 8.47. The zero-order valence-corrected chi connectivity index (χ0v) is 14.9. The minimum atomic E-state index is 0.00797. The number of amides is 1. The number of hydrogen-bond acceptors (Lipinski definition) is 5. The number of carbonyl (C=O) groups excluding carboxylic acids is 1. The average Bonchev–Trinajstić information content (AvgIpc) is 3.09. The summed E-state index contributed by atoms with van der Waals surface area (Å²) in [4.78, 5) is 12.1. The first kappa shape index (κ1) is 17.7. The van der Waals surface area contributed by atoms with E-state index in [1.54, 1.807) is 14.2 Å². The quantitative estimate of drug-likeness (QED) is 0.672. The van der Waals surface area contributed by atoms with Crippen molar-refractivity contribution in [1.82, 2.24) is 19.9 Å². The van der Waals surface area contributed by atoms with Crippen LogP contribution in [0.15, 0.2) is 42.6 Å². The second-order valence-corrected chi connectivity index (χ2v) is 5.86. The van der Waals surface area contributed by atoms with Crippen molar-refractivity contribution in [2.45, 2.75) is 25.8 Å². The third-order valence-corrected chi connectivity index (χ3v) is 4.13. The molecule has 2 aromatic heterocycles. The molecule has 1 amide bonds. The molecular weight excluding hydrogens is 332 g/mol. The van der Waals surface area contributed by atoms with Gasteiger partial charge in [-0.05, 0) is 36.2 Å². The van der Waals surface area contributed by atoms with Crippen LogP contribution in [0.25, 0.3) is 5.65 Å². The van der Waals surface area contributed by atoms with Crippen molar-refractivity contribution < 1.29 is 14.3 Å². The van der Waals surface area contributed by atoms with Gasteiger partial charge in [0.1, 0.15) is 5.82 Å². The molecule has 0 radical (unpaired) electrons. The Morgan fingerprint density at radius 1 is 1.12 bits per heavy atom. The number of nitrogens with zero attached hydrogens (tertiary/aromatic N) is 3. The fraction of sp³-hybridized carbons (Fsp3) is 0.316. The molecule has 0 fully saturated rings. The maximum Gasteiger partial charge on any atom is 0.220 e. The predicted octanol–water partition coefficient (Wildman–Crippen LogP) is 2.39. The number of methoxy groups -OCH3 is 2. The van der Waals surface area contributed by atoms with E-state index in [2.05, 4.69) is 15.5 Å². The molecule has 26 heavy (non-hydrogen) atoms.